The van der Waals surface area contributed by atoms with E-state index in [1.165, 1.54) is 5.56 Å². The summed E-state index contributed by atoms with van der Waals surface area (Å²) in [5.41, 5.74) is 1.95. The van der Waals surface area contributed by atoms with E-state index in [-0.39, 0.29) is 17.6 Å². The highest BCUT2D eigenvalue weighted by Gasteiger charge is 2.59. The Hall–Kier alpha value is -1.78. The number of fused-ring (bicyclic) bond motifs is 1. The van der Waals surface area contributed by atoms with Crippen LogP contribution in [0.3, 0.4) is 0 Å². The van der Waals surface area contributed by atoms with E-state index in [1.54, 1.807) is 17.8 Å². The Balaban J connectivity index is 1.81. The van der Waals surface area contributed by atoms with Crippen molar-refractivity contribution in [3.8, 4) is 5.75 Å². The van der Waals surface area contributed by atoms with Crippen molar-refractivity contribution < 1.29 is 14.6 Å². The second-order valence-electron chi connectivity index (χ2n) is 6.29. The van der Waals surface area contributed by atoms with Gasteiger partial charge in [0.1, 0.15) is 17.8 Å². The first-order valence-electron chi connectivity index (χ1n) is 7.76. The molecule has 0 amide bonds. The lowest BCUT2D eigenvalue weighted by Gasteiger charge is -2.39. The van der Waals surface area contributed by atoms with E-state index in [4.69, 9.17) is 4.74 Å². The molecule has 23 heavy (non-hydrogen) atoms. The Bertz CT molecular complexity index is 755. The number of rotatable bonds is 1. The molecular formula is C19H18O3S. The van der Waals surface area contributed by atoms with Crippen molar-refractivity contribution in [1.82, 2.24) is 0 Å². The number of ketones is 1. The molecule has 1 saturated heterocycles. The number of thioether (sulfide) groups is 1. The summed E-state index contributed by atoms with van der Waals surface area (Å²) in [6, 6.07) is 15.5. The van der Waals surface area contributed by atoms with Gasteiger partial charge < -0.3 is 9.84 Å². The third-order valence-corrected chi connectivity index (χ3v) is 6.42. The molecule has 2 aromatic carbocycles. The molecule has 1 spiro atoms. The van der Waals surface area contributed by atoms with Gasteiger partial charge in [-0.25, -0.2) is 0 Å². The highest BCUT2D eigenvalue weighted by Crippen LogP contribution is 2.57. The van der Waals surface area contributed by atoms with Gasteiger partial charge in [-0.2, -0.15) is 0 Å². The van der Waals surface area contributed by atoms with Crippen LogP contribution in [-0.4, -0.2) is 29.4 Å². The molecule has 0 bridgehead atoms. The third kappa shape index (κ3) is 2.12. The van der Waals surface area contributed by atoms with E-state index in [2.05, 4.69) is 24.3 Å². The van der Waals surface area contributed by atoms with E-state index < -0.39 is 11.5 Å². The Morgan fingerprint density at radius 1 is 1.17 bits per heavy atom. The number of aliphatic hydroxyl groups is 1. The molecule has 1 N–H and O–H groups in total. The second-order valence-corrected chi connectivity index (χ2v) is 7.43. The molecular weight excluding hydrogens is 308 g/mol. The molecule has 2 heterocycles. The van der Waals surface area contributed by atoms with E-state index in [0.29, 0.717) is 17.1 Å². The lowest BCUT2D eigenvalue weighted by atomic mass is 9.71. The average molecular weight is 326 g/mol. The highest BCUT2D eigenvalue weighted by molar-refractivity contribution is 7.99. The molecule has 0 aromatic heterocycles. The van der Waals surface area contributed by atoms with E-state index in [1.807, 2.05) is 25.1 Å². The van der Waals surface area contributed by atoms with Gasteiger partial charge in [0.05, 0.1) is 11.7 Å². The normalized spacial score (nSPS) is 29.4. The average Bonchev–Trinajstić information content (AvgIpc) is 2.90. The summed E-state index contributed by atoms with van der Waals surface area (Å²) < 4.78 is 5.88. The number of Topliss-reactive ketones (excluding diaryl/α,β-unsaturated/α-hetero) is 1. The predicted molar refractivity (Wildman–Crippen MR) is 91.1 cm³/mol. The fraction of sp³-hybridized carbons (Fsp3) is 0.316. The van der Waals surface area contributed by atoms with Crippen LogP contribution in [0.2, 0.25) is 0 Å². The first-order valence-corrected chi connectivity index (χ1v) is 8.80. The standard InChI is InChI=1S/C19H18O3S/c1-12-6-8-13(9-7-12)18-19(16(20)10-23-18)11-22-15-5-3-2-4-14(15)17(19)21/h2-9,16,18,20H,10-11H2,1H3/t16-,18+,19+/m1/s1. The number of hydrogen-bond acceptors (Lipinski definition) is 4. The quantitative estimate of drug-likeness (QED) is 0.872. The van der Waals surface area contributed by atoms with Crippen molar-refractivity contribution in [2.24, 2.45) is 5.41 Å². The summed E-state index contributed by atoms with van der Waals surface area (Å²) in [5, 5.41) is 10.6. The molecule has 1 fully saturated rings. The van der Waals surface area contributed by atoms with Crippen LogP contribution in [0.1, 0.15) is 26.7 Å². The van der Waals surface area contributed by atoms with Crippen molar-refractivity contribution >= 4 is 17.5 Å². The molecule has 118 valence electrons. The van der Waals surface area contributed by atoms with Gasteiger partial charge in [-0.1, -0.05) is 42.0 Å². The Kier molecular flexibility index (Phi) is 3.47. The number of aliphatic hydroxyl groups excluding tert-OH is 1. The van der Waals surface area contributed by atoms with Crippen LogP contribution in [0, 0.1) is 12.3 Å². The SMILES string of the molecule is Cc1ccc([C@@H]2SC[C@@H](O)[C@]23COc2ccccc2C3=O)cc1. The first-order chi connectivity index (χ1) is 11.1. The second kappa shape index (κ2) is 5.39. The topological polar surface area (TPSA) is 46.5 Å². The van der Waals surface area contributed by atoms with Crippen LogP contribution in [0.15, 0.2) is 48.5 Å². The number of benzene rings is 2. The Morgan fingerprint density at radius 3 is 2.70 bits per heavy atom. The molecule has 0 saturated carbocycles. The third-order valence-electron chi connectivity index (χ3n) is 4.88. The van der Waals surface area contributed by atoms with E-state index in [0.717, 1.165) is 5.56 Å². The van der Waals surface area contributed by atoms with Crippen LogP contribution in [0.5, 0.6) is 5.75 Å². The predicted octanol–water partition coefficient (Wildman–Crippen LogP) is 3.41. The Morgan fingerprint density at radius 2 is 1.91 bits per heavy atom. The lowest BCUT2D eigenvalue weighted by Crippen LogP contribution is -2.50. The van der Waals surface area contributed by atoms with Gasteiger partial charge in [-0.3, -0.25) is 4.79 Å². The summed E-state index contributed by atoms with van der Waals surface area (Å²) >= 11 is 1.64. The molecule has 3 atom stereocenters. The zero-order valence-electron chi connectivity index (χ0n) is 12.9. The zero-order chi connectivity index (χ0) is 16.0. The lowest BCUT2D eigenvalue weighted by molar-refractivity contribution is 0.00923. The summed E-state index contributed by atoms with van der Waals surface area (Å²) in [4.78, 5) is 13.2. The van der Waals surface area contributed by atoms with Gasteiger partial charge in [-0.15, -0.1) is 11.8 Å². The monoisotopic (exact) mass is 326 g/mol. The van der Waals surface area contributed by atoms with Crippen molar-refractivity contribution in [2.45, 2.75) is 18.3 Å². The molecule has 3 nitrogen and oxygen atoms in total. The van der Waals surface area contributed by atoms with E-state index in [9.17, 15) is 9.90 Å². The maximum atomic E-state index is 13.2. The maximum Gasteiger partial charge on any atom is 0.180 e. The molecule has 4 heteroatoms. The van der Waals surface area contributed by atoms with Gasteiger partial charge in [0.15, 0.2) is 5.78 Å². The van der Waals surface area contributed by atoms with E-state index >= 15 is 0 Å². The number of ether oxygens (including phenoxy) is 1. The largest absolute Gasteiger partial charge is 0.492 e. The number of para-hydroxylation sites is 1. The molecule has 0 radical (unpaired) electrons. The number of carbonyl (C=O) groups excluding carboxylic acids is 1. The van der Waals surface area contributed by atoms with Crippen LogP contribution in [-0.2, 0) is 0 Å². The first kappa shape index (κ1) is 14.8. The summed E-state index contributed by atoms with van der Waals surface area (Å²) in [6.45, 7) is 2.27. The molecule has 0 aliphatic carbocycles. The molecule has 0 unspecified atom stereocenters. The van der Waals surface area contributed by atoms with Crippen LogP contribution < -0.4 is 4.74 Å². The highest BCUT2D eigenvalue weighted by atomic mass is 32.2. The van der Waals surface area contributed by atoms with Crippen LogP contribution in [0.25, 0.3) is 0 Å². The Labute approximate surface area is 139 Å². The number of hydrogen-bond donors (Lipinski definition) is 1. The van der Waals surface area contributed by atoms with Crippen molar-refractivity contribution in [3.63, 3.8) is 0 Å². The molecule has 4 rings (SSSR count). The molecule has 2 aliphatic heterocycles. The van der Waals surface area contributed by atoms with Gasteiger partial charge in [0.25, 0.3) is 0 Å². The smallest absolute Gasteiger partial charge is 0.180 e. The van der Waals surface area contributed by atoms with Crippen LogP contribution in [0.4, 0.5) is 0 Å². The summed E-state index contributed by atoms with van der Waals surface area (Å²) in [7, 11) is 0. The van der Waals surface area contributed by atoms with Gasteiger partial charge in [0, 0.05) is 11.0 Å². The minimum Gasteiger partial charge on any atom is -0.492 e. The fourth-order valence-electron chi connectivity index (χ4n) is 3.53. The van der Waals surface area contributed by atoms with Gasteiger partial charge >= 0.3 is 0 Å². The summed E-state index contributed by atoms with van der Waals surface area (Å²) in [5.74, 6) is 1.17. The molecule has 2 aliphatic rings. The number of aryl methyl sites for hydroxylation is 1. The molecule has 2 aromatic rings. The van der Waals surface area contributed by atoms with Crippen LogP contribution >= 0.6 is 11.8 Å². The van der Waals surface area contributed by atoms with Crippen molar-refractivity contribution in [3.05, 3.63) is 65.2 Å². The zero-order valence-corrected chi connectivity index (χ0v) is 13.7. The van der Waals surface area contributed by atoms with Crippen molar-refractivity contribution in [1.29, 1.82) is 0 Å². The van der Waals surface area contributed by atoms with Gasteiger partial charge in [0.2, 0.25) is 0 Å². The minimum absolute atomic E-state index is 0.00225. The summed E-state index contributed by atoms with van der Waals surface area (Å²) in [6.07, 6.45) is -0.695. The minimum atomic E-state index is -0.895. The maximum absolute atomic E-state index is 13.2. The fourth-order valence-corrected chi connectivity index (χ4v) is 5.18. The van der Waals surface area contributed by atoms with Crippen molar-refractivity contribution in [2.75, 3.05) is 12.4 Å². The van der Waals surface area contributed by atoms with Gasteiger partial charge in [-0.05, 0) is 24.6 Å². The number of carbonyl (C=O) groups is 1.